The number of nitrogens with one attached hydrogen (secondary N) is 1. The zero-order valence-corrected chi connectivity index (χ0v) is 14.7. The van der Waals surface area contributed by atoms with Crippen LogP contribution in [0.2, 0.25) is 0 Å². The lowest BCUT2D eigenvalue weighted by molar-refractivity contribution is 0.431. The van der Waals surface area contributed by atoms with Crippen LogP contribution < -0.4 is 0 Å². The molecular weight excluding hydrogens is 342 g/mol. The fourth-order valence-electron chi connectivity index (χ4n) is 4.05. The zero-order valence-electron chi connectivity index (χ0n) is 14.7. The van der Waals surface area contributed by atoms with Gasteiger partial charge in [0.05, 0.1) is 17.5 Å². The van der Waals surface area contributed by atoms with Crippen molar-refractivity contribution in [3.63, 3.8) is 0 Å². The van der Waals surface area contributed by atoms with Gasteiger partial charge >= 0.3 is 0 Å². The molecule has 8 nitrogen and oxygen atoms in total. The van der Waals surface area contributed by atoms with Crippen LogP contribution in [0.15, 0.2) is 36.7 Å². The number of aromatic amines is 1. The van der Waals surface area contributed by atoms with Gasteiger partial charge in [0.1, 0.15) is 5.75 Å². The Hall–Kier alpha value is -3.29. The van der Waals surface area contributed by atoms with E-state index in [9.17, 15) is 5.11 Å². The third kappa shape index (κ3) is 2.73. The lowest BCUT2D eigenvalue weighted by atomic mass is 9.84. The van der Waals surface area contributed by atoms with E-state index in [-0.39, 0.29) is 5.75 Å². The standard InChI is InChI=1S/C19H19N7O/c27-14-8-4-7-13(9-14)15-10-20-19-16(18-22-24-25-23-18)11-21-26(19)17(15)12-5-2-1-3-6-12/h4,7-12,27H,1-3,5-6H2,(H,22,23,24,25). The van der Waals surface area contributed by atoms with Crippen LogP contribution in [0.3, 0.4) is 0 Å². The number of aromatic hydroxyl groups is 1. The van der Waals surface area contributed by atoms with Gasteiger partial charge in [-0.2, -0.15) is 10.3 Å². The van der Waals surface area contributed by atoms with Crippen LogP contribution in [0.5, 0.6) is 5.75 Å². The Morgan fingerprint density at radius 1 is 1.07 bits per heavy atom. The third-order valence-corrected chi connectivity index (χ3v) is 5.30. The minimum Gasteiger partial charge on any atom is -0.508 e. The van der Waals surface area contributed by atoms with E-state index in [2.05, 4.69) is 30.7 Å². The van der Waals surface area contributed by atoms with Crippen molar-refractivity contribution < 1.29 is 5.11 Å². The minimum absolute atomic E-state index is 0.246. The first kappa shape index (κ1) is 15.9. The highest BCUT2D eigenvalue weighted by Gasteiger charge is 2.25. The van der Waals surface area contributed by atoms with Gasteiger partial charge in [-0.25, -0.2) is 9.50 Å². The highest BCUT2D eigenvalue weighted by molar-refractivity contribution is 5.75. The number of fused-ring (bicyclic) bond motifs is 1. The number of hydrogen-bond acceptors (Lipinski definition) is 6. The van der Waals surface area contributed by atoms with Gasteiger partial charge in [0.25, 0.3) is 0 Å². The number of hydrogen-bond donors (Lipinski definition) is 2. The molecule has 0 unspecified atom stereocenters. The van der Waals surface area contributed by atoms with E-state index in [0.29, 0.717) is 11.7 Å². The summed E-state index contributed by atoms with van der Waals surface area (Å²) in [5, 5.41) is 28.8. The molecule has 2 N–H and O–H groups in total. The molecular formula is C19H19N7O. The van der Waals surface area contributed by atoms with Gasteiger partial charge in [-0.15, -0.1) is 10.2 Å². The summed E-state index contributed by atoms with van der Waals surface area (Å²) in [6.45, 7) is 0. The van der Waals surface area contributed by atoms with Crippen molar-refractivity contribution >= 4 is 5.65 Å². The molecule has 1 fully saturated rings. The Morgan fingerprint density at radius 3 is 2.74 bits per heavy atom. The Bertz CT molecular complexity index is 1080. The molecule has 0 bridgehead atoms. The summed E-state index contributed by atoms with van der Waals surface area (Å²) in [5.41, 5.74) is 4.57. The molecule has 1 aliphatic carbocycles. The number of tetrazole rings is 1. The summed E-state index contributed by atoms with van der Waals surface area (Å²) in [4.78, 5) is 4.66. The molecule has 3 aromatic heterocycles. The highest BCUT2D eigenvalue weighted by atomic mass is 16.3. The Balaban J connectivity index is 1.75. The SMILES string of the molecule is Oc1cccc(-c2cnc3c(-c4nn[nH]n4)cnn3c2C2CCCCC2)c1. The van der Waals surface area contributed by atoms with Crippen LogP contribution in [0.1, 0.15) is 43.7 Å². The predicted octanol–water partition coefficient (Wildman–Crippen LogP) is 3.33. The van der Waals surface area contributed by atoms with E-state index in [0.717, 1.165) is 40.9 Å². The van der Waals surface area contributed by atoms with Crippen molar-refractivity contribution in [2.24, 2.45) is 0 Å². The third-order valence-electron chi connectivity index (χ3n) is 5.30. The topological polar surface area (TPSA) is 105 Å². The fourth-order valence-corrected chi connectivity index (χ4v) is 4.05. The van der Waals surface area contributed by atoms with Crippen molar-refractivity contribution in [3.8, 4) is 28.3 Å². The first-order valence-electron chi connectivity index (χ1n) is 9.21. The fraction of sp³-hybridized carbons (Fsp3) is 0.316. The number of aromatic nitrogens is 7. The number of benzene rings is 1. The van der Waals surface area contributed by atoms with Gasteiger partial charge in [0, 0.05) is 17.7 Å². The van der Waals surface area contributed by atoms with E-state index in [1.165, 1.54) is 19.3 Å². The average molecular weight is 361 g/mol. The molecule has 0 saturated heterocycles. The maximum absolute atomic E-state index is 9.95. The van der Waals surface area contributed by atoms with Gasteiger partial charge in [-0.1, -0.05) is 31.4 Å². The predicted molar refractivity (Wildman–Crippen MR) is 99.1 cm³/mol. The van der Waals surface area contributed by atoms with Gasteiger partial charge in [0.2, 0.25) is 5.82 Å². The molecule has 8 heteroatoms. The molecule has 4 aromatic rings. The lowest BCUT2D eigenvalue weighted by Crippen LogP contribution is -2.12. The van der Waals surface area contributed by atoms with Gasteiger partial charge in [0.15, 0.2) is 5.65 Å². The molecule has 0 radical (unpaired) electrons. The molecule has 0 amide bonds. The first-order valence-corrected chi connectivity index (χ1v) is 9.21. The van der Waals surface area contributed by atoms with Gasteiger partial charge in [-0.3, -0.25) is 0 Å². The number of phenolic OH excluding ortho intramolecular Hbond substituents is 1. The summed E-state index contributed by atoms with van der Waals surface area (Å²) in [5.74, 6) is 1.13. The summed E-state index contributed by atoms with van der Waals surface area (Å²) in [7, 11) is 0. The van der Waals surface area contributed by atoms with Crippen molar-refractivity contribution in [1.29, 1.82) is 0 Å². The summed E-state index contributed by atoms with van der Waals surface area (Å²) < 4.78 is 1.92. The van der Waals surface area contributed by atoms with E-state index < -0.39 is 0 Å². The quantitative estimate of drug-likeness (QED) is 0.580. The normalized spacial score (nSPS) is 15.4. The van der Waals surface area contributed by atoms with Crippen molar-refractivity contribution in [1.82, 2.24) is 35.2 Å². The highest BCUT2D eigenvalue weighted by Crippen LogP contribution is 2.39. The Morgan fingerprint density at radius 2 is 1.96 bits per heavy atom. The second kappa shape index (κ2) is 6.46. The number of H-pyrrole nitrogens is 1. The maximum Gasteiger partial charge on any atom is 0.210 e. The summed E-state index contributed by atoms with van der Waals surface area (Å²) >= 11 is 0. The van der Waals surface area contributed by atoms with Crippen molar-refractivity contribution in [2.75, 3.05) is 0 Å². The second-order valence-corrected chi connectivity index (χ2v) is 6.97. The van der Waals surface area contributed by atoms with Crippen LogP contribution in [0.4, 0.5) is 0 Å². The number of nitrogens with zero attached hydrogens (tertiary/aromatic N) is 6. The summed E-state index contributed by atoms with van der Waals surface area (Å²) in [6, 6.07) is 7.31. The second-order valence-electron chi connectivity index (χ2n) is 6.97. The minimum atomic E-state index is 0.246. The maximum atomic E-state index is 9.95. The van der Waals surface area contributed by atoms with Crippen LogP contribution in [-0.2, 0) is 0 Å². The smallest absolute Gasteiger partial charge is 0.210 e. The molecule has 1 aromatic carbocycles. The van der Waals surface area contributed by atoms with Gasteiger partial charge < -0.3 is 5.11 Å². The van der Waals surface area contributed by atoms with Gasteiger partial charge in [-0.05, 0) is 35.8 Å². The number of rotatable bonds is 3. The molecule has 0 spiro atoms. The molecule has 3 heterocycles. The van der Waals surface area contributed by atoms with Crippen LogP contribution in [0.25, 0.3) is 28.2 Å². The Labute approximate surface area is 155 Å². The van der Waals surface area contributed by atoms with Crippen LogP contribution in [0, 0.1) is 0 Å². The molecule has 1 aliphatic rings. The molecule has 136 valence electrons. The van der Waals surface area contributed by atoms with E-state index in [4.69, 9.17) is 0 Å². The molecule has 27 heavy (non-hydrogen) atoms. The van der Waals surface area contributed by atoms with Crippen molar-refractivity contribution in [2.45, 2.75) is 38.0 Å². The monoisotopic (exact) mass is 361 g/mol. The van der Waals surface area contributed by atoms with Crippen LogP contribution >= 0.6 is 0 Å². The zero-order chi connectivity index (χ0) is 18.2. The average Bonchev–Trinajstić information content (AvgIpc) is 3.37. The summed E-state index contributed by atoms with van der Waals surface area (Å²) in [6.07, 6.45) is 9.58. The Kier molecular flexibility index (Phi) is 3.81. The first-order chi connectivity index (χ1) is 13.3. The van der Waals surface area contributed by atoms with Crippen molar-refractivity contribution in [3.05, 3.63) is 42.4 Å². The van der Waals surface area contributed by atoms with Crippen LogP contribution in [-0.4, -0.2) is 40.3 Å². The lowest BCUT2D eigenvalue weighted by Gasteiger charge is -2.25. The van der Waals surface area contributed by atoms with E-state index >= 15 is 0 Å². The molecule has 0 atom stereocenters. The largest absolute Gasteiger partial charge is 0.508 e. The van der Waals surface area contributed by atoms with E-state index in [1.807, 2.05) is 22.8 Å². The molecule has 5 rings (SSSR count). The molecule has 1 saturated carbocycles. The number of phenols is 1. The molecule has 0 aliphatic heterocycles. The van der Waals surface area contributed by atoms with E-state index in [1.54, 1.807) is 18.3 Å².